The van der Waals surface area contributed by atoms with E-state index in [1.54, 1.807) is 0 Å². The highest BCUT2D eigenvalue weighted by molar-refractivity contribution is 5.87. The summed E-state index contributed by atoms with van der Waals surface area (Å²) in [6.45, 7) is 0.383. The first-order chi connectivity index (χ1) is 16.5. The smallest absolute Gasteiger partial charge is 0.407 e. The molecule has 1 saturated carbocycles. The third-order valence-electron chi connectivity index (χ3n) is 6.45. The summed E-state index contributed by atoms with van der Waals surface area (Å²) in [5.74, 6) is -1.23. The number of carbonyl (C=O) groups is 3. The number of hydrogen-bond acceptors (Lipinski definition) is 6. The minimum atomic E-state index is -1.20. The molecule has 0 unspecified atom stereocenters. The lowest BCUT2D eigenvalue weighted by molar-refractivity contribution is -0.126. The molecule has 0 aliphatic heterocycles. The second-order valence-electron chi connectivity index (χ2n) is 8.63. The van der Waals surface area contributed by atoms with Crippen LogP contribution in [0.5, 0.6) is 0 Å². The molecular formula is C25H23N3O6. The number of rotatable bonds is 8. The van der Waals surface area contributed by atoms with E-state index in [-0.39, 0.29) is 43.0 Å². The zero-order valence-electron chi connectivity index (χ0n) is 18.2. The van der Waals surface area contributed by atoms with Gasteiger partial charge >= 0.3 is 12.1 Å². The minimum absolute atomic E-state index is 0.0197. The van der Waals surface area contributed by atoms with E-state index in [2.05, 4.69) is 40.1 Å². The molecule has 5 rings (SSSR count). The first kappa shape index (κ1) is 21.7. The third kappa shape index (κ3) is 4.12. The zero-order valence-corrected chi connectivity index (χ0v) is 18.2. The Bertz CT molecular complexity index is 1220. The Morgan fingerprint density at radius 2 is 1.68 bits per heavy atom. The Morgan fingerprint density at radius 3 is 2.26 bits per heavy atom. The molecule has 34 heavy (non-hydrogen) atoms. The molecule has 0 saturated heterocycles. The van der Waals surface area contributed by atoms with Gasteiger partial charge in [0.1, 0.15) is 6.61 Å². The fourth-order valence-electron chi connectivity index (χ4n) is 4.38. The van der Waals surface area contributed by atoms with Crippen LogP contribution in [0.25, 0.3) is 11.1 Å². The van der Waals surface area contributed by atoms with E-state index in [0.717, 1.165) is 22.3 Å². The normalized spacial score (nSPS) is 15.2. The number of ether oxygens (including phenoxy) is 1. The molecule has 9 heteroatoms. The lowest BCUT2D eigenvalue weighted by atomic mass is 9.98. The maximum absolute atomic E-state index is 12.6. The predicted molar refractivity (Wildman–Crippen MR) is 120 cm³/mol. The number of carboxylic acid groups (broad SMARTS) is 1. The molecule has 1 aromatic heterocycles. The summed E-state index contributed by atoms with van der Waals surface area (Å²) < 4.78 is 10.4. The first-order valence-corrected chi connectivity index (χ1v) is 11.0. The van der Waals surface area contributed by atoms with Crippen molar-refractivity contribution in [3.8, 4) is 11.1 Å². The lowest BCUT2D eigenvalue weighted by Gasteiger charge is -2.17. The van der Waals surface area contributed by atoms with E-state index in [1.807, 2.05) is 24.3 Å². The maximum atomic E-state index is 12.6. The first-order valence-electron chi connectivity index (χ1n) is 11.0. The molecule has 2 aromatic carbocycles. The summed E-state index contributed by atoms with van der Waals surface area (Å²) >= 11 is 0. The Morgan fingerprint density at radius 1 is 1.03 bits per heavy atom. The fourth-order valence-corrected chi connectivity index (χ4v) is 4.38. The minimum Gasteiger partial charge on any atom is -0.476 e. The van der Waals surface area contributed by atoms with Gasteiger partial charge in [-0.2, -0.15) is 0 Å². The number of carboxylic acids is 1. The fraction of sp³-hybridized carbons (Fsp3) is 0.280. The number of amides is 2. The monoisotopic (exact) mass is 461 g/mol. The predicted octanol–water partition coefficient (Wildman–Crippen LogP) is 3.31. The van der Waals surface area contributed by atoms with Gasteiger partial charge in [0.2, 0.25) is 5.91 Å². The van der Waals surface area contributed by atoms with Gasteiger partial charge in [-0.25, -0.2) is 9.59 Å². The molecule has 2 aliphatic rings. The van der Waals surface area contributed by atoms with Crippen LogP contribution in [0.4, 0.5) is 4.79 Å². The highest BCUT2D eigenvalue weighted by atomic mass is 16.5. The van der Waals surface area contributed by atoms with Crippen LogP contribution in [0.15, 0.2) is 59.1 Å². The zero-order chi connectivity index (χ0) is 23.7. The number of nitrogens with zero attached hydrogens (tertiary/aromatic N) is 1. The summed E-state index contributed by atoms with van der Waals surface area (Å²) in [5.41, 5.74) is 3.66. The van der Waals surface area contributed by atoms with Crippen molar-refractivity contribution in [2.45, 2.75) is 25.3 Å². The van der Waals surface area contributed by atoms with E-state index < -0.39 is 17.5 Å². The van der Waals surface area contributed by atoms with Crippen LogP contribution in [0.3, 0.4) is 0 Å². The van der Waals surface area contributed by atoms with Gasteiger partial charge in [0.15, 0.2) is 11.5 Å². The number of fused-ring (bicyclic) bond motifs is 3. The van der Waals surface area contributed by atoms with Gasteiger partial charge in [0.25, 0.3) is 0 Å². The molecule has 0 spiro atoms. The Kier molecular flexibility index (Phi) is 5.53. The van der Waals surface area contributed by atoms with Gasteiger partial charge in [-0.05, 0) is 35.1 Å². The molecule has 174 valence electrons. The number of benzene rings is 2. The average Bonchev–Trinajstić information content (AvgIpc) is 3.37. The standard InChI is InChI=1S/C25H23N3O6/c29-22(30)21-11-15(34-28-21)12-26-23(31)25(9-10-25)14-27-24(32)33-13-20-18-7-3-1-5-16(18)17-6-2-4-8-19(17)20/h1-8,11,20H,9-10,12-14H2,(H,26,31)(H,27,32)(H,29,30). The highest BCUT2D eigenvalue weighted by Crippen LogP contribution is 2.46. The van der Waals surface area contributed by atoms with Gasteiger partial charge in [-0.15, -0.1) is 0 Å². The van der Waals surface area contributed by atoms with Crippen molar-refractivity contribution in [2.24, 2.45) is 5.41 Å². The number of carbonyl (C=O) groups excluding carboxylic acids is 2. The molecule has 2 amide bonds. The molecule has 0 bridgehead atoms. The lowest BCUT2D eigenvalue weighted by Crippen LogP contribution is -2.40. The van der Waals surface area contributed by atoms with Crippen LogP contribution < -0.4 is 10.6 Å². The van der Waals surface area contributed by atoms with E-state index in [0.29, 0.717) is 12.8 Å². The number of hydrogen-bond donors (Lipinski definition) is 3. The number of aromatic carboxylic acids is 1. The summed E-state index contributed by atoms with van der Waals surface area (Å²) in [6.07, 6.45) is 0.709. The second-order valence-corrected chi connectivity index (χ2v) is 8.63. The quantitative estimate of drug-likeness (QED) is 0.469. The van der Waals surface area contributed by atoms with E-state index in [1.165, 1.54) is 6.07 Å². The summed E-state index contributed by atoms with van der Waals surface area (Å²) in [4.78, 5) is 35.9. The van der Waals surface area contributed by atoms with E-state index >= 15 is 0 Å². The van der Waals surface area contributed by atoms with Crippen molar-refractivity contribution in [3.63, 3.8) is 0 Å². The maximum Gasteiger partial charge on any atom is 0.407 e. The van der Waals surface area contributed by atoms with Crippen molar-refractivity contribution in [1.82, 2.24) is 15.8 Å². The van der Waals surface area contributed by atoms with Gasteiger partial charge in [-0.1, -0.05) is 53.7 Å². The van der Waals surface area contributed by atoms with Crippen molar-refractivity contribution in [2.75, 3.05) is 13.2 Å². The van der Waals surface area contributed by atoms with E-state index in [9.17, 15) is 14.4 Å². The SMILES string of the molecule is O=C(NCC1(C(=O)NCc2cc(C(=O)O)no2)CC1)OCC1c2ccccc2-c2ccccc21. The van der Waals surface area contributed by atoms with Crippen molar-refractivity contribution < 1.29 is 28.8 Å². The highest BCUT2D eigenvalue weighted by Gasteiger charge is 2.50. The van der Waals surface area contributed by atoms with Crippen LogP contribution in [0.2, 0.25) is 0 Å². The van der Waals surface area contributed by atoms with Crippen LogP contribution in [0, 0.1) is 5.41 Å². The van der Waals surface area contributed by atoms with Crippen molar-refractivity contribution in [3.05, 3.63) is 77.2 Å². The van der Waals surface area contributed by atoms with Crippen LogP contribution in [0.1, 0.15) is 46.1 Å². The van der Waals surface area contributed by atoms with Crippen molar-refractivity contribution >= 4 is 18.0 Å². The van der Waals surface area contributed by atoms with Crippen LogP contribution in [-0.4, -0.2) is 41.4 Å². The number of aromatic nitrogens is 1. The molecule has 2 aliphatic carbocycles. The number of alkyl carbamates (subject to hydrolysis) is 1. The average molecular weight is 461 g/mol. The van der Waals surface area contributed by atoms with Crippen LogP contribution >= 0.6 is 0 Å². The Labute approximate surface area is 195 Å². The summed E-state index contributed by atoms with van der Waals surface area (Å²) in [6, 6.07) is 17.5. The molecule has 0 atom stereocenters. The molecule has 1 heterocycles. The molecular weight excluding hydrogens is 438 g/mol. The van der Waals surface area contributed by atoms with Gasteiger partial charge < -0.3 is 25.0 Å². The summed E-state index contributed by atoms with van der Waals surface area (Å²) in [5, 5.41) is 17.7. The Hall–Kier alpha value is -4.14. The molecule has 3 aromatic rings. The van der Waals surface area contributed by atoms with Gasteiger partial charge in [-0.3, -0.25) is 4.79 Å². The van der Waals surface area contributed by atoms with E-state index in [4.69, 9.17) is 14.4 Å². The largest absolute Gasteiger partial charge is 0.476 e. The van der Waals surface area contributed by atoms with Gasteiger partial charge in [0, 0.05) is 18.5 Å². The third-order valence-corrected chi connectivity index (χ3v) is 6.45. The molecule has 1 fully saturated rings. The van der Waals surface area contributed by atoms with Crippen LogP contribution in [-0.2, 0) is 16.1 Å². The Balaban J connectivity index is 1.13. The van der Waals surface area contributed by atoms with Crippen molar-refractivity contribution in [1.29, 1.82) is 0 Å². The van der Waals surface area contributed by atoms with Gasteiger partial charge in [0.05, 0.1) is 12.0 Å². The topological polar surface area (TPSA) is 131 Å². The second kappa shape index (κ2) is 8.66. The molecule has 0 radical (unpaired) electrons. The summed E-state index contributed by atoms with van der Waals surface area (Å²) in [7, 11) is 0. The molecule has 3 N–H and O–H groups in total. The number of nitrogens with one attached hydrogen (secondary N) is 2. The molecule has 9 nitrogen and oxygen atoms in total.